The molecule has 1 amide bonds. The zero-order chi connectivity index (χ0) is 22.1. The predicted octanol–water partition coefficient (Wildman–Crippen LogP) is 2.68. The predicted molar refractivity (Wildman–Crippen MR) is 123 cm³/mol. The van der Waals surface area contributed by atoms with E-state index in [1.165, 1.54) is 11.1 Å². The van der Waals surface area contributed by atoms with Crippen molar-refractivity contribution < 1.29 is 9.53 Å². The van der Waals surface area contributed by atoms with Crippen molar-refractivity contribution in [1.82, 2.24) is 10.3 Å². The Labute approximate surface area is 182 Å². The minimum absolute atomic E-state index is 0.153. The van der Waals surface area contributed by atoms with E-state index in [1.807, 2.05) is 12.1 Å². The Morgan fingerprint density at radius 1 is 1.29 bits per heavy atom. The molecule has 0 unspecified atom stereocenters. The molecule has 8 heteroatoms. The molecule has 0 spiro atoms. The summed E-state index contributed by atoms with van der Waals surface area (Å²) >= 11 is 0. The van der Waals surface area contributed by atoms with Crippen LogP contribution in [-0.2, 0) is 12.8 Å². The summed E-state index contributed by atoms with van der Waals surface area (Å²) in [5.74, 6) is 12.1. The number of nitrogen functional groups attached to an aromatic ring is 1. The number of aromatic nitrogens is 1. The molecule has 1 aromatic heterocycles. The van der Waals surface area contributed by atoms with E-state index in [-0.39, 0.29) is 5.91 Å². The van der Waals surface area contributed by atoms with Gasteiger partial charge in [0, 0.05) is 29.4 Å². The Morgan fingerprint density at radius 3 is 2.94 bits per heavy atom. The zero-order valence-corrected chi connectivity index (χ0v) is 17.7. The van der Waals surface area contributed by atoms with Crippen LogP contribution in [0.15, 0.2) is 48.2 Å². The number of carbonyl (C=O) groups excluding carboxylic acids is 1. The number of benzene rings is 1. The van der Waals surface area contributed by atoms with Gasteiger partial charge in [0.25, 0.3) is 5.91 Å². The van der Waals surface area contributed by atoms with Gasteiger partial charge in [-0.2, -0.15) is 5.10 Å². The first-order chi connectivity index (χ1) is 15.2. The van der Waals surface area contributed by atoms with Crippen molar-refractivity contribution in [1.29, 1.82) is 0 Å². The lowest BCUT2D eigenvalue weighted by Crippen LogP contribution is -2.25. The summed E-state index contributed by atoms with van der Waals surface area (Å²) in [4.78, 5) is 16.2. The van der Waals surface area contributed by atoms with Crippen LogP contribution < -0.4 is 27.2 Å². The molecule has 31 heavy (non-hydrogen) atoms. The van der Waals surface area contributed by atoms with Gasteiger partial charge in [-0.3, -0.25) is 4.79 Å². The largest absolute Gasteiger partial charge is 0.493 e. The number of fused-ring (bicyclic) bond motifs is 1. The van der Waals surface area contributed by atoms with Gasteiger partial charge in [-0.25, -0.2) is 10.8 Å². The summed E-state index contributed by atoms with van der Waals surface area (Å²) in [6.07, 6.45) is 8.77. The fraction of sp³-hybridized carbons (Fsp3) is 0.348. The highest BCUT2D eigenvalue weighted by Gasteiger charge is 2.20. The van der Waals surface area contributed by atoms with Crippen LogP contribution in [0.3, 0.4) is 0 Å². The lowest BCUT2D eigenvalue weighted by atomic mass is 9.85. The average molecular weight is 423 g/mol. The number of ether oxygens (including phenoxy) is 1. The first-order valence-electron chi connectivity index (χ1n) is 10.5. The van der Waals surface area contributed by atoms with Crippen LogP contribution in [0.5, 0.6) is 5.75 Å². The highest BCUT2D eigenvalue weighted by Crippen LogP contribution is 2.32. The third-order valence-corrected chi connectivity index (χ3v) is 5.33. The van der Waals surface area contributed by atoms with E-state index in [4.69, 9.17) is 16.4 Å². The number of hydrogen-bond donors (Lipinski definition) is 4. The van der Waals surface area contributed by atoms with Gasteiger partial charge in [-0.05, 0) is 68.4 Å². The Morgan fingerprint density at radius 2 is 2.16 bits per heavy atom. The number of unbranched alkanes of at least 4 members (excludes halogenated alkanes) is 1. The molecule has 0 radical (unpaired) electrons. The number of amides is 1. The molecule has 0 aliphatic heterocycles. The van der Waals surface area contributed by atoms with Crippen LogP contribution >= 0.6 is 0 Å². The maximum absolute atomic E-state index is 12.2. The van der Waals surface area contributed by atoms with Crippen LogP contribution in [0.4, 0.5) is 5.82 Å². The average Bonchev–Trinajstić information content (AvgIpc) is 2.81. The SMILES string of the molecule is C=CCc1c(OCCCCNC(=O)c2ccnc(NN)c2)ccc2c1CCCC2=NN. The van der Waals surface area contributed by atoms with Crippen molar-refractivity contribution in [3.8, 4) is 5.75 Å². The third-order valence-electron chi connectivity index (χ3n) is 5.33. The normalized spacial score (nSPS) is 14.0. The Balaban J connectivity index is 1.50. The molecule has 0 saturated heterocycles. The lowest BCUT2D eigenvalue weighted by Gasteiger charge is -2.23. The van der Waals surface area contributed by atoms with Crippen molar-refractivity contribution in [2.45, 2.75) is 38.5 Å². The maximum Gasteiger partial charge on any atom is 0.251 e. The van der Waals surface area contributed by atoms with Gasteiger partial charge in [-0.1, -0.05) is 6.08 Å². The number of anilines is 1. The number of nitrogens with one attached hydrogen (secondary N) is 2. The topological polar surface area (TPSA) is 128 Å². The van der Waals surface area contributed by atoms with Crippen LogP contribution in [-0.4, -0.2) is 29.8 Å². The van der Waals surface area contributed by atoms with E-state index >= 15 is 0 Å². The van der Waals surface area contributed by atoms with Crippen molar-refractivity contribution in [2.75, 3.05) is 18.6 Å². The highest BCUT2D eigenvalue weighted by atomic mass is 16.5. The van der Waals surface area contributed by atoms with Gasteiger partial charge in [0.15, 0.2) is 0 Å². The Bertz CT molecular complexity index is 957. The molecule has 0 bridgehead atoms. The van der Waals surface area contributed by atoms with Crippen LogP contribution in [0.1, 0.15) is 52.7 Å². The maximum atomic E-state index is 12.2. The molecule has 0 fully saturated rings. The number of hydrazine groups is 1. The summed E-state index contributed by atoms with van der Waals surface area (Å²) in [7, 11) is 0. The van der Waals surface area contributed by atoms with E-state index in [9.17, 15) is 4.79 Å². The molecule has 8 nitrogen and oxygen atoms in total. The third kappa shape index (κ3) is 5.61. The monoisotopic (exact) mass is 422 g/mol. The van der Waals surface area contributed by atoms with E-state index in [0.717, 1.165) is 55.5 Å². The number of rotatable bonds is 10. The van der Waals surface area contributed by atoms with E-state index < -0.39 is 0 Å². The minimum Gasteiger partial charge on any atom is -0.493 e. The highest BCUT2D eigenvalue weighted by molar-refractivity contribution is 6.03. The molecule has 0 saturated carbocycles. The Kier molecular flexibility index (Phi) is 8.00. The summed E-state index contributed by atoms with van der Waals surface area (Å²) < 4.78 is 6.08. The fourth-order valence-corrected chi connectivity index (χ4v) is 3.80. The molecule has 164 valence electrons. The summed E-state index contributed by atoms with van der Waals surface area (Å²) in [6, 6.07) is 7.32. The molecular formula is C23H30N6O2. The van der Waals surface area contributed by atoms with Crippen molar-refractivity contribution in [2.24, 2.45) is 16.8 Å². The van der Waals surface area contributed by atoms with E-state index in [1.54, 1.807) is 18.3 Å². The summed E-state index contributed by atoms with van der Waals surface area (Å²) in [6.45, 7) is 5.03. The molecule has 2 aromatic rings. The molecule has 1 heterocycles. The summed E-state index contributed by atoms with van der Waals surface area (Å²) in [5.41, 5.74) is 7.47. The molecule has 1 aliphatic rings. The van der Waals surface area contributed by atoms with Gasteiger partial charge in [0.2, 0.25) is 0 Å². The first kappa shape index (κ1) is 22.3. The van der Waals surface area contributed by atoms with Gasteiger partial charge >= 0.3 is 0 Å². The number of allylic oxidation sites excluding steroid dienone is 1. The number of carbonyl (C=O) groups is 1. The van der Waals surface area contributed by atoms with Crippen LogP contribution in [0.2, 0.25) is 0 Å². The second-order valence-electron chi connectivity index (χ2n) is 7.38. The molecule has 3 rings (SSSR count). The van der Waals surface area contributed by atoms with Crippen molar-refractivity contribution in [3.05, 3.63) is 65.4 Å². The zero-order valence-electron chi connectivity index (χ0n) is 17.7. The van der Waals surface area contributed by atoms with Gasteiger partial charge in [0.05, 0.1) is 12.3 Å². The second kappa shape index (κ2) is 11.1. The van der Waals surface area contributed by atoms with Crippen molar-refractivity contribution in [3.63, 3.8) is 0 Å². The molecule has 1 aromatic carbocycles. The van der Waals surface area contributed by atoms with Crippen LogP contribution in [0.25, 0.3) is 0 Å². The minimum atomic E-state index is -0.153. The fourth-order valence-electron chi connectivity index (χ4n) is 3.80. The second-order valence-corrected chi connectivity index (χ2v) is 7.38. The Hall–Kier alpha value is -3.39. The molecule has 6 N–H and O–H groups in total. The van der Waals surface area contributed by atoms with Crippen molar-refractivity contribution >= 4 is 17.4 Å². The first-order valence-corrected chi connectivity index (χ1v) is 10.5. The molecule has 0 atom stereocenters. The van der Waals surface area contributed by atoms with Crippen LogP contribution in [0, 0.1) is 0 Å². The number of nitrogens with zero attached hydrogens (tertiary/aromatic N) is 2. The van der Waals surface area contributed by atoms with Gasteiger partial charge < -0.3 is 21.3 Å². The quantitative estimate of drug-likeness (QED) is 0.202. The molecular weight excluding hydrogens is 392 g/mol. The van der Waals surface area contributed by atoms with Gasteiger partial charge in [-0.15, -0.1) is 6.58 Å². The number of hydrogen-bond acceptors (Lipinski definition) is 7. The lowest BCUT2D eigenvalue weighted by molar-refractivity contribution is 0.0952. The number of nitrogens with two attached hydrogens (primary N) is 2. The molecule has 1 aliphatic carbocycles. The van der Waals surface area contributed by atoms with E-state index in [0.29, 0.717) is 24.5 Å². The van der Waals surface area contributed by atoms with E-state index in [2.05, 4.69) is 33.5 Å². The smallest absolute Gasteiger partial charge is 0.251 e. The summed E-state index contributed by atoms with van der Waals surface area (Å²) in [5, 5.41) is 6.87. The standard InChI is InChI=1S/C23H30N6O2/c1-2-6-19-17-7-5-8-20(28-24)18(17)9-10-21(19)31-14-4-3-12-27-23(30)16-11-13-26-22(15-16)29-25/h2,9-11,13,15H,1,3-8,12,14,24-25H2,(H,26,29)(H,27,30). The number of pyridine rings is 1. The number of hydrazone groups is 1. The van der Waals surface area contributed by atoms with Gasteiger partial charge in [0.1, 0.15) is 11.6 Å².